The van der Waals surface area contributed by atoms with Crippen LogP contribution in [0.4, 0.5) is 0 Å². The van der Waals surface area contributed by atoms with E-state index in [2.05, 4.69) is 6.92 Å². The van der Waals surface area contributed by atoms with Crippen molar-refractivity contribution in [1.82, 2.24) is 4.90 Å². The van der Waals surface area contributed by atoms with Gasteiger partial charge in [-0.3, -0.25) is 9.69 Å². The molecule has 0 amide bonds. The Kier molecular flexibility index (Phi) is 5.37. The zero-order valence-electron chi connectivity index (χ0n) is 7.95. The van der Waals surface area contributed by atoms with Gasteiger partial charge in [0.15, 0.2) is 0 Å². The molecule has 0 bridgehead atoms. The van der Waals surface area contributed by atoms with Crippen molar-refractivity contribution in [2.75, 3.05) is 14.1 Å². The molecule has 70 valence electrons. The van der Waals surface area contributed by atoms with Crippen LogP contribution in [0.25, 0.3) is 0 Å². The minimum Gasteiger partial charge on any atom is -0.480 e. The second-order valence-electron chi connectivity index (χ2n) is 2.96. The van der Waals surface area contributed by atoms with Crippen LogP contribution in [0.3, 0.4) is 0 Å². The molecule has 12 heavy (non-hydrogen) atoms. The standard InChI is InChI=1S/C9H17NO2/c1-4-5-6-7-8(9(11)12)10(2)3/h6-8H,4-5H2,1-3H3,(H,11,12)/b7-6+. The van der Waals surface area contributed by atoms with Crippen molar-refractivity contribution in [2.24, 2.45) is 0 Å². The van der Waals surface area contributed by atoms with E-state index in [1.165, 1.54) is 0 Å². The molecule has 0 fully saturated rings. The summed E-state index contributed by atoms with van der Waals surface area (Å²) in [6.07, 6.45) is 5.64. The molecule has 0 aliphatic carbocycles. The second-order valence-corrected chi connectivity index (χ2v) is 2.96. The van der Waals surface area contributed by atoms with Crippen molar-refractivity contribution in [3.63, 3.8) is 0 Å². The maximum atomic E-state index is 10.6. The van der Waals surface area contributed by atoms with Crippen LogP contribution in [0.2, 0.25) is 0 Å². The molecular formula is C9H17NO2. The summed E-state index contributed by atoms with van der Waals surface area (Å²) in [6, 6.07) is -0.489. The molecule has 3 heteroatoms. The van der Waals surface area contributed by atoms with Gasteiger partial charge in [-0.15, -0.1) is 0 Å². The average molecular weight is 171 g/mol. The van der Waals surface area contributed by atoms with Crippen molar-refractivity contribution < 1.29 is 9.90 Å². The maximum absolute atomic E-state index is 10.6. The van der Waals surface area contributed by atoms with E-state index in [1.54, 1.807) is 25.1 Å². The molecule has 0 rings (SSSR count). The van der Waals surface area contributed by atoms with Crippen LogP contribution < -0.4 is 0 Å². The Morgan fingerprint density at radius 1 is 1.58 bits per heavy atom. The first-order valence-corrected chi connectivity index (χ1v) is 4.15. The van der Waals surface area contributed by atoms with Gasteiger partial charge in [0.1, 0.15) is 6.04 Å². The molecule has 0 aliphatic rings. The van der Waals surface area contributed by atoms with E-state index >= 15 is 0 Å². The minimum absolute atomic E-state index is 0.489. The van der Waals surface area contributed by atoms with Gasteiger partial charge in [-0.1, -0.05) is 25.5 Å². The van der Waals surface area contributed by atoms with Crippen LogP contribution in [0.15, 0.2) is 12.2 Å². The first-order valence-electron chi connectivity index (χ1n) is 4.15. The molecule has 1 unspecified atom stereocenters. The normalized spacial score (nSPS) is 14.0. The zero-order chi connectivity index (χ0) is 9.56. The summed E-state index contributed by atoms with van der Waals surface area (Å²) >= 11 is 0. The Morgan fingerprint density at radius 2 is 2.17 bits per heavy atom. The lowest BCUT2D eigenvalue weighted by molar-refractivity contribution is -0.140. The maximum Gasteiger partial charge on any atom is 0.324 e. The number of unbranched alkanes of at least 4 members (excludes halogenated alkanes) is 1. The van der Waals surface area contributed by atoms with Crippen molar-refractivity contribution in [2.45, 2.75) is 25.8 Å². The fourth-order valence-corrected chi connectivity index (χ4v) is 0.867. The highest BCUT2D eigenvalue weighted by molar-refractivity contribution is 5.75. The summed E-state index contributed by atoms with van der Waals surface area (Å²) < 4.78 is 0. The van der Waals surface area contributed by atoms with Gasteiger partial charge in [0.25, 0.3) is 0 Å². The lowest BCUT2D eigenvalue weighted by Gasteiger charge is -2.15. The van der Waals surface area contributed by atoms with Crippen molar-refractivity contribution in [1.29, 1.82) is 0 Å². The van der Waals surface area contributed by atoms with E-state index in [-0.39, 0.29) is 0 Å². The van der Waals surface area contributed by atoms with Gasteiger partial charge in [0.2, 0.25) is 0 Å². The first-order chi connectivity index (χ1) is 5.59. The van der Waals surface area contributed by atoms with E-state index in [0.29, 0.717) is 0 Å². The molecule has 0 aromatic heterocycles. The monoisotopic (exact) mass is 171 g/mol. The van der Waals surface area contributed by atoms with Crippen molar-refractivity contribution in [3.8, 4) is 0 Å². The Bertz CT molecular complexity index is 164. The van der Waals surface area contributed by atoms with E-state index in [9.17, 15) is 4.79 Å². The Labute approximate surface area is 73.7 Å². The molecule has 3 nitrogen and oxygen atoms in total. The SMILES string of the molecule is CCC/C=C/C(C(=O)O)N(C)C. The number of carboxylic acids is 1. The predicted molar refractivity (Wildman–Crippen MR) is 49.2 cm³/mol. The highest BCUT2D eigenvalue weighted by atomic mass is 16.4. The third kappa shape index (κ3) is 4.13. The molecule has 0 aromatic carbocycles. The number of allylic oxidation sites excluding steroid dienone is 1. The van der Waals surface area contributed by atoms with Gasteiger partial charge in [0, 0.05) is 0 Å². The van der Waals surface area contributed by atoms with Gasteiger partial charge in [-0.25, -0.2) is 0 Å². The Balaban J connectivity index is 4.04. The lowest BCUT2D eigenvalue weighted by atomic mass is 10.2. The number of rotatable bonds is 5. The Morgan fingerprint density at radius 3 is 2.50 bits per heavy atom. The minimum atomic E-state index is -0.799. The van der Waals surface area contributed by atoms with Crippen LogP contribution in [-0.4, -0.2) is 36.1 Å². The van der Waals surface area contributed by atoms with Crippen LogP contribution in [-0.2, 0) is 4.79 Å². The van der Waals surface area contributed by atoms with Crippen molar-refractivity contribution >= 4 is 5.97 Å². The van der Waals surface area contributed by atoms with Gasteiger partial charge in [-0.05, 0) is 20.5 Å². The highest BCUT2D eigenvalue weighted by Crippen LogP contribution is 1.98. The third-order valence-electron chi connectivity index (χ3n) is 1.58. The summed E-state index contributed by atoms with van der Waals surface area (Å²) in [7, 11) is 3.52. The molecule has 0 aromatic rings. The number of aliphatic carboxylic acids is 1. The summed E-state index contributed by atoms with van der Waals surface area (Å²) in [6.45, 7) is 2.07. The van der Waals surface area contributed by atoms with Crippen LogP contribution >= 0.6 is 0 Å². The molecule has 0 heterocycles. The van der Waals surface area contributed by atoms with E-state index in [4.69, 9.17) is 5.11 Å². The smallest absolute Gasteiger partial charge is 0.324 e. The fraction of sp³-hybridized carbons (Fsp3) is 0.667. The highest BCUT2D eigenvalue weighted by Gasteiger charge is 2.14. The number of hydrogen-bond donors (Lipinski definition) is 1. The van der Waals surface area contributed by atoms with E-state index in [0.717, 1.165) is 12.8 Å². The second kappa shape index (κ2) is 5.77. The third-order valence-corrected chi connectivity index (χ3v) is 1.58. The zero-order valence-corrected chi connectivity index (χ0v) is 7.95. The average Bonchev–Trinajstić information content (AvgIpc) is 1.96. The van der Waals surface area contributed by atoms with E-state index in [1.807, 2.05) is 6.08 Å². The first kappa shape index (κ1) is 11.2. The molecule has 0 spiro atoms. The van der Waals surface area contributed by atoms with Gasteiger partial charge in [0.05, 0.1) is 0 Å². The number of carboxylic acid groups (broad SMARTS) is 1. The van der Waals surface area contributed by atoms with Crippen LogP contribution in [0.5, 0.6) is 0 Å². The molecule has 0 radical (unpaired) electrons. The number of carbonyl (C=O) groups is 1. The Hall–Kier alpha value is -0.830. The van der Waals surface area contributed by atoms with Gasteiger partial charge in [-0.2, -0.15) is 0 Å². The molecule has 0 aliphatic heterocycles. The molecular weight excluding hydrogens is 154 g/mol. The lowest BCUT2D eigenvalue weighted by Crippen LogP contribution is -2.33. The largest absolute Gasteiger partial charge is 0.480 e. The summed E-state index contributed by atoms with van der Waals surface area (Å²) in [5.41, 5.74) is 0. The topological polar surface area (TPSA) is 40.5 Å². The summed E-state index contributed by atoms with van der Waals surface area (Å²) in [4.78, 5) is 12.3. The van der Waals surface area contributed by atoms with Crippen LogP contribution in [0.1, 0.15) is 19.8 Å². The van der Waals surface area contributed by atoms with E-state index < -0.39 is 12.0 Å². The molecule has 1 atom stereocenters. The molecule has 0 saturated carbocycles. The van der Waals surface area contributed by atoms with Gasteiger partial charge < -0.3 is 5.11 Å². The molecule has 0 saturated heterocycles. The quantitative estimate of drug-likeness (QED) is 0.635. The van der Waals surface area contributed by atoms with Crippen molar-refractivity contribution in [3.05, 3.63) is 12.2 Å². The number of likely N-dealkylation sites (N-methyl/N-ethyl adjacent to an activating group) is 1. The van der Waals surface area contributed by atoms with Gasteiger partial charge >= 0.3 is 5.97 Å². The van der Waals surface area contributed by atoms with Crippen LogP contribution in [0, 0.1) is 0 Å². The molecule has 1 N–H and O–H groups in total. The fourth-order valence-electron chi connectivity index (χ4n) is 0.867. The predicted octanol–water partition coefficient (Wildman–Crippen LogP) is 1.36. The number of hydrogen-bond acceptors (Lipinski definition) is 2. The summed E-state index contributed by atoms with van der Waals surface area (Å²) in [5, 5.41) is 8.75. The number of nitrogens with zero attached hydrogens (tertiary/aromatic N) is 1. The summed E-state index contributed by atoms with van der Waals surface area (Å²) in [5.74, 6) is -0.799.